The van der Waals surface area contributed by atoms with Crippen molar-refractivity contribution in [2.45, 2.75) is 25.3 Å². The molecule has 0 aromatic heterocycles. The maximum absolute atomic E-state index is 13.8. The highest BCUT2D eigenvalue weighted by Gasteiger charge is 2.29. The lowest BCUT2D eigenvalue weighted by molar-refractivity contribution is -0.117. The molecule has 0 spiro atoms. The van der Waals surface area contributed by atoms with Gasteiger partial charge < -0.3 is 14.8 Å². The number of likely N-dealkylation sites (tertiary alicyclic amines) is 1. The quantitative estimate of drug-likeness (QED) is 0.863. The molecule has 4 rings (SSSR count). The van der Waals surface area contributed by atoms with Gasteiger partial charge in [0.15, 0.2) is 11.5 Å². The molecular weight excluding hydrogens is 366 g/mol. The van der Waals surface area contributed by atoms with E-state index < -0.39 is 23.2 Å². The van der Waals surface area contributed by atoms with E-state index >= 15 is 0 Å². The van der Waals surface area contributed by atoms with Crippen molar-refractivity contribution in [3.05, 3.63) is 53.6 Å². The summed E-state index contributed by atoms with van der Waals surface area (Å²) >= 11 is 0. The van der Waals surface area contributed by atoms with Crippen LogP contribution in [0, 0.1) is 11.6 Å². The van der Waals surface area contributed by atoms with Gasteiger partial charge in [0.2, 0.25) is 5.91 Å². The molecule has 0 unspecified atom stereocenters. The molecule has 2 aromatic rings. The summed E-state index contributed by atoms with van der Waals surface area (Å²) in [5, 5.41) is 2.36. The number of nitrogens with zero attached hydrogens (tertiary/aromatic N) is 1. The van der Waals surface area contributed by atoms with Crippen molar-refractivity contribution >= 4 is 11.6 Å². The van der Waals surface area contributed by atoms with Crippen LogP contribution in [-0.4, -0.2) is 37.1 Å². The summed E-state index contributed by atoms with van der Waals surface area (Å²) in [4.78, 5) is 14.4. The number of fused-ring (bicyclic) bond motifs is 1. The number of nitrogens with one attached hydrogen (secondary N) is 1. The van der Waals surface area contributed by atoms with Crippen LogP contribution in [-0.2, 0) is 4.79 Å². The van der Waals surface area contributed by atoms with Crippen molar-refractivity contribution in [3.8, 4) is 11.5 Å². The Morgan fingerprint density at radius 2 is 1.82 bits per heavy atom. The number of anilines is 1. The van der Waals surface area contributed by atoms with Crippen LogP contribution < -0.4 is 14.8 Å². The van der Waals surface area contributed by atoms with Gasteiger partial charge in [-0.25, -0.2) is 8.78 Å². The molecule has 1 amide bonds. The van der Waals surface area contributed by atoms with Crippen LogP contribution in [0.2, 0.25) is 0 Å². The second kappa shape index (κ2) is 8.14. The van der Waals surface area contributed by atoms with Gasteiger partial charge in [-0.3, -0.25) is 9.69 Å². The third-order valence-electron chi connectivity index (χ3n) is 5.09. The third kappa shape index (κ3) is 3.94. The highest BCUT2D eigenvalue weighted by atomic mass is 19.1. The Hall–Kier alpha value is -2.67. The van der Waals surface area contributed by atoms with Crippen LogP contribution in [0.1, 0.15) is 30.9 Å². The van der Waals surface area contributed by atoms with Crippen LogP contribution in [0.15, 0.2) is 36.4 Å². The number of benzene rings is 2. The third-order valence-corrected chi connectivity index (χ3v) is 5.09. The average molecular weight is 388 g/mol. The number of para-hydroxylation sites is 1. The van der Waals surface area contributed by atoms with Gasteiger partial charge in [-0.2, -0.15) is 0 Å². The number of rotatable bonds is 4. The molecule has 0 saturated carbocycles. The Morgan fingerprint density at radius 3 is 2.61 bits per heavy atom. The molecule has 28 heavy (non-hydrogen) atoms. The van der Waals surface area contributed by atoms with Gasteiger partial charge in [0.05, 0.1) is 19.8 Å². The standard InChI is InChI=1S/C21H22F2N2O3/c22-15-4-1-5-16(23)21(15)24-20(26)13-25-9-2-6-17(25)14-7-8-18-19(12-14)28-11-3-10-27-18/h1,4-5,7-8,12,17H,2-3,6,9-11,13H2,(H,24,26)/t17-/m0/s1. The van der Waals surface area contributed by atoms with Gasteiger partial charge in [0, 0.05) is 12.5 Å². The molecule has 7 heteroatoms. The Balaban J connectivity index is 1.46. The van der Waals surface area contributed by atoms with Crippen LogP contribution in [0.5, 0.6) is 11.5 Å². The normalized spacial score (nSPS) is 19.3. The summed E-state index contributed by atoms with van der Waals surface area (Å²) in [7, 11) is 0. The minimum absolute atomic E-state index is 0.0494. The van der Waals surface area contributed by atoms with Crippen molar-refractivity contribution in [3.63, 3.8) is 0 Å². The summed E-state index contributed by atoms with van der Waals surface area (Å²) in [5.41, 5.74) is 0.644. The maximum atomic E-state index is 13.8. The number of hydrogen-bond donors (Lipinski definition) is 1. The molecule has 1 atom stereocenters. The Labute approximate surface area is 162 Å². The Kier molecular flexibility index (Phi) is 5.43. The fourth-order valence-corrected chi connectivity index (χ4v) is 3.76. The highest BCUT2D eigenvalue weighted by molar-refractivity contribution is 5.92. The number of hydrogen-bond acceptors (Lipinski definition) is 4. The molecule has 2 aliphatic heterocycles. The first-order chi connectivity index (χ1) is 13.6. The molecule has 0 aliphatic carbocycles. The van der Waals surface area contributed by atoms with Crippen molar-refractivity contribution in [1.82, 2.24) is 4.90 Å². The largest absolute Gasteiger partial charge is 0.490 e. The van der Waals surface area contributed by atoms with Crippen molar-refractivity contribution in [1.29, 1.82) is 0 Å². The van der Waals surface area contributed by atoms with Gasteiger partial charge in [0.25, 0.3) is 0 Å². The minimum Gasteiger partial charge on any atom is -0.490 e. The smallest absolute Gasteiger partial charge is 0.238 e. The van der Waals surface area contributed by atoms with E-state index in [1.54, 1.807) is 0 Å². The van der Waals surface area contributed by atoms with Gasteiger partial charge in [-0.05, 0) is 49.2 Å². The SMILES string of the molecule is O=C(CN1CCC[C@H]1c1ccc2c(c1)OCCCO2)Nc1c(F)cccc1F. The maximum Gasteiger partial charge on any atom is 0.238 e. The fraction of sp³-hybridized carbons (Fsp3) is 0.381. The van der Waals surface area contributed by atoms with E-state index in [0.29, 0.717) is 13.2 Å². The van der Waals surface area contributed by atoms with E-state index in [4.69, 9.17) is 9.47 Å². The van der Waals surface area contributed by atoms with Gasteiger partial charge in [-0.15, -0.1) is 0 Å². The zero-order valence-corrected chi connectivity index (χ0v) is 15.4. The van der Waals surface area contributed by atoms with E-state index in [9.17, 15) is 13.6 Å². The summed E-state index contributed by atoms with van der Waals surface area (Å²) in [5.74, 6) is -0.549. The van der Waals surface area contributed by atoms with E-state index in [2.05, 4.69) is 5.32 Å². The second-order valence-corrected chi connectivity index (χ2v) is 7.03. The molecule has 2 aliphatic rings. The van der Waals surface area contributed by atoms with Crippen LogP contribution in [0.25, 0.3) is 0 Å². The lowest BCUT2D eigenvalue weighted by atomic mass is 10.0. The number of halogens is 2. The lowest BCUT2D eigenvalue weighted by Crippen LogP contribution is -2.33. The molecular formula is C21H22F2N2O3. The van der Waals surface area contributed by atoms with E-state index in [1.807, 2.05) is 23.1 Å². The lowest BCUT2D eigenvalue weighted by Gasteiger charge is -2.25. The second-order valence-electron chi connectivity index (χ2n) is 7.03. The first-order valence-electron chi connectivity index (χ1n) is 9.49. The average Bonchev–Trinajstić information content (AvgIpc) is 3.00. The van der Waals surface area contributed by atoms with Crippen LogP contribution >= 0.6 is 0 Å². The van der Waals surface area contributed by atoms with E-state index in [1.165, 1.54) is 6.07 Å². The molecule has 148 valence electrons. The van der Waals surface area contributed by atoms with Crippen molar-refractivity contribution in [2.75, 3.05) is 31.6 Å². The van der Waals surface area contributed by atoms with E-state index in [0.717, 1.165) is 55.0 Å². The van der Waals surface area contributed by atoms with Crippen LogP contribution in [0.4, 0.5) is 14.5 Å². The predicted molar refractivity (Wildman–Crippen MR) is 101 cm³/mol. The molecule has 1 saturated heterocycles. The molecule has 1 N–H and O–H groups in total. The number of carbonyl (C=O) groups is 1. The number of carbonyl (C=O) groups excluding carboxylic acids is 1. The molecule has 0 radical (unpaired) electrons. The monoisotopic (exact) mass is 388 g/mol. The summed E-state index contributed by atoms with van der Waals surface area (Å²) in [6, 6.07) is 9.42. The minimum atomic E-state index is -0.783. The summed E-state index contributed by atoms with van der Waals surface area (Å²) in [6.45, 7) is 2.05. The topological polar surface area (TPSA) is 50.8 Å². The summed E-state index contributed by atoms with van der Waals surface area (Å²) in [6.07, 6.45) is 2.69. The number of amides is 1. The highest BCUT2D eigenvalue weighted by Crippen LogP contribution is 2.37. The molecule has 1 fully saturated rings. The van der Waals surface area contributed by atoms with E-state index in [-0.39, 0.29) is 12.6 Å². The fourth-order valence-electron chi connectivity index (χ4n) is 3.76. The molecule has 0 bridgehead atoms. The first kappa shape index (κ1) is 18.7. The zero-order chi connectivity index (χ0) is 19.5. The van der Waals surface area contributed by atoms with Gasteiger partial charge in [-0.1, -0.05) is 12.1 Å². The zero-order valence-electron chi connectivity index (χ0n) is 15.4. The molecule has 5 nitrogen and oxygen atoms in total. The van der Waals surface area contributed by atoms with Gasteiger partial charge in [0.1, 0.15) is 17.3 Å². The number of ether oxygens (including phenoxy) is 2. The molecule has 2 aromatic carbocycles. The predicted octanol–water partition coefficient (Wildman–Crippen LogP) is 3.90. The van der Waals surface area contributed by atoms with Crippen molar-refractivity contribution < 1.29 is 23.0 Å². The van der Waals surface area contributed by atoms with Crippen molar-refractivity contribution in [2.24, 2.45) is 0 Å². The van der Waals surface area contributed by atoms with Crippen LogP contribution in [0.3, 0.4) is 0 Å². The molecule has 2 heterocycles. The van der Waals surface area contributed by atoms with Gasteiger partial charge >= 0.3 is 0 Å². The summed E-state index contributed by atoms with van der Waals surface area (Å²) < 4.78 is 39.0. The Bertz CT molecular complexity index is 854. The Morgan fingerprint density at radius 1 is 1.07 bits per heavy atom. The first-order valence-corrected chi connectivity index (χ1v) is 9.49.